The van der Waals surface area contributed by atoms with Crippen LogP contribution in [-0.4, -0.2) is 29.5 Å². The molecule has 3 rings (SSSR count). The smallest absolute Gasteiger partial charge is 0.273 e. The number of H-pyrrole nitrogens is 1. The minimum atomic E-state index is -0.518. The summed E-state index contributed by atoms with van der Waals surface area (Å²) in [6, 6.07) is 11.5. The SMILES string of the molecule is COc1ccc2cc(CCNC(=O)c3ccc(C)c([N+](=O)[O-])c3)c(=O)[nH]c2c1. The van der Waals surface area contributed by atoms with Crippen molar-refractivity contribution >= 4 is 22.5 Å². The largest absolute Gasteiger partial charge is 0.497 e. The average Bonchev–Trinajstić information content (AvgIpc) is 2.67. The van der Waals surface area contributed by atoms with Gasteiger partial charge in [-0.15, -0.1) is 0 Å². The second-order valence-electron chi connectivity index (χ2n) is 6.34. The molecule has 144 valence electrons. The third-order valence-corrected chi connectivity index (χ3v) is 4.48. The first kappa shape index (κ1) is 19.1. The zero-order valence-corrected chi connectivity index (χ0v) is 15.4. The second-order valence-corrected chi connectivity index (χ2v) is 6.34. The van der Waals surface area contributed by atoms with Crippen molar-refractivity contribution in [2.45, 2.75) is 13.3 Å². The quantitative estimate of drug-likeness (QED) is 0.503. The van der Waals surface area contributed by atoms with Gasteiger partial charge >= 0.3 is 0 Å². The van der Waals surface area contributed by atoms with Gasteiger partial charge in [0.15, 0.2) is 0 Å². The van der Waals surface area contributed by atoms with E-state index in [1.807, 2.05) is 6.07 Å². The molecule has 0 aliphatic heterocycles. The standard InChI is InChI=1S/C20H19N3O5/c1-12-3-4-14(10-18(12)23(26)27)19(24)21-8-7-15-9-13-5-6-16(28-2)11-17(13)22-20(15)25/h3-6,9-11H,7-8H2,1-2H3,(H,21,24)(H,22,25). The molecule has 0 unspecified atom stereocenters. The summed E-state index contributed by atoms with van der Waals surface area (Å²) in [5.41, 5.74) is 1.56. The molecule has 0 atom stereocenters. The van der Waals surface area contributed by atoms with E-state index in [0.717, 1.165) is 5.39 Å². The lowest BCUT2D eigenvalue weighted by atomic mass is 10.1. The Morgan fingerprint density at radius 1 is 1.21 bits per heavy atom. The molecule has 2 N–H and O–H groups in total. The number of hydrogen-bond donors (Lipinski definition) is 2. The molecule has 2 aromatic carbocycles. The summed E-state index contributed by atoms with van der Waals surface area (Å²) in [5, 5.41) is 14.6. The van der Waals surface area contributed by atoms with Crippen LogP contribution in [0.3, 0.4) is 0 Å². The number of hydrogen-bond acceptors (Lipinski definition) is 5. The molecule has 1 aromatic heterocycles. The average molecular weight is 381 g/mol. The fourth-order valence-electron chi connectivity index (χ4n) is 2.90. The Balaban J connectivity index is 1.70. The number of aromatic nitrogens is 1. The van der Waals surface area contributed by atoms with Crippen molar-refractivity contribution in [2.24, 2.45) is 0 Å². The summed E-state index contributed by atoms with van der Waals surface area (Å²) in [6.07, 6.45) is 0.330. The molecule has 1 heterocycles. The highest BCUT2D eigenvalue weighted by atomic mass is 16.6. The minimum absolute atomic E-state index is 0.103. The monoisotopic (exact) mass is 381 g/mol. The zero-order chi connectivity index (χ0) is 20.3. The molecular formula is C20H19N3O5. The Kier molecular flexibility index (Phi) is 5.39. The van der Waals surface area contributed by atoms with Gasteiger partial charge in [-0.2, -0.15) is 0 Å². The number of carbonyl (C=O) groups excluding carboxylic acids is 1. The molecule has 8 heteroatoms. The van der Waals surface area contributed by atoms with Gasteiger partial charge in [-0.25, -0.2) is 0 Å². The van der Waals surface area contributed by atoms with Gasteiger partial charge in [-0.05, 0) is 43.0 Å². The molecule has 0 saturated carbocycles. The predicted molar refractivity (Wildman–Crippen MR) is 105 cm³/mol. The first-order valence-corrected chi connectivity index (χ1v) is 8.62. The summed E-state index contributed by atoms with van der Waals surface area (Å²) < 4.78 is 5.14. The van der Waals surface area contributed by atoms with Crippen molar-refractivity contribution in [3.8, 4) is 5.75 Å². The first-order valence-electron chi connectivity index (χ1n) is 8.62. The van der Waals surface area contributed by atoms with Crippen LogP contribution in [0.25, 0.3) is 10.9 Å². The Hall–Kier alpha value is -3.68. The molecule has 0 bridgehead atoms. The highest BCUT2D eigenvalue weighted by Gasteiger charge is 2.15. The predicted octanol–water partition coefficient (Wildman–Crippen LogP) is 2.73. The number of rotatable bonds is 6. The number of nitrogens with zero attached hydrogens (tertiary/aromatic N) is 1. The van der Waals surface area contributed by atoms with Crippen LogP contribution >= 0.6 is 0 Å². The number of aryl methyl sites for hydroxylation is 1. The number of nitro benzene ring substituents is 1. The molecule has 28 heavy (non-hydrogen) atoms. The lowest BCUT2D eigenvalue weighted by molar-refractivity contribution is -0.385. The van der Waals surface area contributed by atoms with Gasteiger partial charge in [0.1, 0.15) is 5.75 Å². The molecule has 8 nitrogen and oxygen atoms in total. The third-order valence-electron chi connectivity index (χ3n) is 4.48. The molecule has 3 aromatic rings. The van der Waals surface area contributed by atoms with E-state index in [-0.39, 0.29) is 23.4 Å². The van der Waals surface area contributed by atoms with E-state index < -0.39 is 10.8 Å². The number of nitrogens with one attached hydrogen (secondary N) is 2. The van der Waals surface area contributed by atoms with Crippen LogP contribution in [0.1, 0.15) is 21.5 Å². The highest BCUT2D eigenvalue weighted by Crippen LogP contribution is 2.20. The van der Waals surface area contributed by atoms with Gasteiger partial charge in [0.25, 0.3) is 17.2 Å². The maximum atomic E-state index is 12.3. The van der Waals surface area contributed by atoms with E-state index in [4.69, 9.17) is 4.74 Å². The molecule has 0 fully saturated rings. The normalized spacial score (nSPS) is 10.6. The fraction of sp³-hybridized carbons (Fsp3) is 0.200. The summed E-state index contributed by atoms with van der Waals surface area (Å²) in [7, 11) is 1.55. The fourth-order valence-corrected chi connectivity index (χ4v) is 2.90. The number of fused-ring (bicyclic) bond motifs is 1. The maximum absolute atomic E-state index is 12.3. The first-order chi connectivity index (χ1) is 13.4. The van der Waals surface area contributed by atoms with Gasteiger partial charge in [0, 0.05) is 35.4 Å². The molecular weight excluding hydrogens is 362 g/mol. The molecule has 0 spiro atoms. The maximum Gasteiger partial charge on any atom is 0.273 e. The van der Waals surface area contributed by atoms with E-state index in [0.29, 0.717) is 28.8 Å². The minimum Gasteiger partial charge on any atom is -0.497 e. The van der Waals surface area contributed by atoms with Crippen LogP contribution in [0, 0.1) is 17.0 Å². The van der Waals surface area contributed by atoms with Gasteiger partial charge in [-0.1, -0.05) is 6.07 Å². The number of benzene rings is 2. The molecule has 0 radical (unpaired) electrons. The van der Waals surface area contributed by atoms with E-state index in [9.17, 15) is 19.7 Å². The summed E-state index contributed by atoms with van der Waals surface area (Å²) in [5.74, 6) is 0.223. The van der Waals surface area contributed by atoms with E-state index in [2.05, 4.69) is 10.3 Å². The summed E-state index contributed by atoms with van der Waals surface area (Å²) in [4.78, 5) is 37.8. The lowest BCUT2D eigenvalue weighted by Crippen LogP contribution is -2.27. The number of methoxy groups -OCH3 is 1. The van der Waals surface area contributed by atoms with Crippen molar-refractivity contribution in [2.75, 3.05) is 13.7 Å². The highest BCUT2D eigenvalue weighted by molar-refractivity contribution is 5.95. The van der Waals surface area contributed by atoms with Crippen LogP contribution < -0.4 is 15.6 Å². The van der Waals surface area contributed by atoms with Crippen molar-refractivity contribution < 1.29 is 14.5 Å². The van der Waals surface area contributed by atoms with Crippen molar-refractivity contribution in [1.82, 2.24) is 10.3 Å². The number of carbonyl (C=O) groups is 1. The Morgan fingerprint density at radius 2 is 2.00 bits per heavy atom. The Morgan fingerprint density at radius 3 is 2.71 bits per heavy atom. The van der Waals surface area contributed by atoms with Crippen LogP contribution in [0.15, 0.2) is 47.3 Å². The van der Waals surface area contributed by atoms with Crippen molar-refractivity contribution in [3.05, 3.63) is 79.6 Å². The number of nitro groups is 1. The number of amides is 1. The van der Waals surface area contributed by atoms with Crippen LogP contribution in [-0.2, 0) is 6.42 Å². The number of pyridine rings is 1. The van der Waals surface area contributed by atoms with Crippen LogP contribution in [0.5, 0.6) is 5.75 Å². The molecule has 0 aliphatic carbocycles. The van der Waals surface area contributed by atoms with Crippen molar-refractivity contribution in [3.63, 3.8) is 0 Å². The number of aromatic amines is 1. The topological polar surface area (TPSA) is 114 Å². The van der Waals surface area contributed by atoms with E-state index >= 15 is 0 Å². The third kappa shape index (κ3) is 4.01. The van der Waals surface area contributed by atoms with Crippen molar-refractivity contribution in [1.29, 1.82) is 0 Å². The Labute approximate surface area is 160 Å². The van der Waals surface area contributed by atoms with Crippen LogP contribution in [0.4, 0.5) is 5.69 Å². The molecule has 0 saturated heterocycles. The molecule has 1 amide bonds. The zero-order valence-electron chi connectivity index (χ0n) is 15.4. The van der Waals surface area contributed by atoms with E-state index in [1.165, 1.54) is 18.2 Å². The summed E-state index contributed by atoms with van der Waals surface area (Å²) >= 11 is 0. The number of ether oxygens (including phenoxy) is 1. The van der Waals surface area contributed by atoms with Crippen LogP contribution in [0.2, 0.25) is 0 Å². The van der Waals surface area contributed by atoms with Gasteiger partial charge < -0.3 is 15.0 Å². The van der Waals surface area contributed by atoms with Gasteiger partial charge in [-0.3, -0.25) is 19.7 Å². The van der Waals surface area contributed by atoms with Gasteiger partial charge in [0.05, 0.1) is 17.5 Å². The molecule has 0 aliphatic rings. The second kappa shape index (κ2) is 7.91. The summed E-state index contributed by atoms with van der Waals surface area (Å²) in [6.45, 7) is 1.84. The lowest BCUT2D eigenvalue weighted by Gasteiger charge is -2.07. The van der Waals surface area contributed by atoms with Gasteiger partial charge in [0.2, 0.25) is 0 Å². The van der Waals surface area contributed by atoms with E-state index in [1.54, 1.807) is 32.2 Å². The Bertz CT molecular complexity index is 1120.